The fourth-order valence-corrected chi connectivity index (χ4v) is 3.86. The second kappa shape index (κ2) is 11.3. The second-order valence-corrected chi connectivity index (χ2v) is 8.14. The monoisotopic (exact) mass is 446 g/mol. The van der Waals surface area contributed by atoms with Crippen LogP contribution < -0.4 is 15.8 Å². The first-order chi connectivity index (χ1) is 16.2. The van der Waals surface area contributed by atoms with E-state index in [1.54, 1.807) is 10.9 Å². The molecule has 1 aromatic heterocycles. The second-order valence-electron chi connectivity index (χ2n) is 8.14. The van der Waals surface area contributed by atoms with Crippen molar-refractivity contribution in [3.8, 4) is 5.69 Å². The third kappa shape index (κ3) is 6.66. The summed E-state index contributed by atoms with van der Waals surface area (Å²) in [4.78, 5) is 28.9. The van der Waals surface area contributed by atoms with Crippen molar-refractivity contribution >= 4 is 17.5 Å². The lowest BCUT2D eigenvalue weighted by Gasteiger charge is -2.36. The van der Waals surface area contributed by atoms with Crippen molar-refractivity contribution in [3.05, 3.63) is 78.6 Å². The van der Waals surface area contributed by atoms with Crippen molar-refractivity contribution in [1.29, 1.82) is 0 Å². The summed E-state index contributed by atoms with van der Waals surface area (Å²) >= 11 is 0. The van der Waals surface area contributed by atoms with Crippen LogP contribution in [0.15, 0.2) is 73.1 Å². The number of amides is 2. The maximum absolute atomic E-state index is 12.1. The minimum absolute atomic E-state index is 0.175. The molecule has 2 aromatic carbocycles. The van der Waals surface area contributed by atoms with Crippen LogP contribution in [0.1, 0.15) is 18.4 Å². The lowest BCUT2D eigenvalue weighted by molar-refractivity contribution is -0.129. The van der Waals surface area contributed by atoms with E-state index in [4.69, 9.17) is 0 Å². The summed E-state index contributed by atoms with van der Waals surface area (Å²) in [5, 5.41) is 4.34. The van der Waals surface area contributed by atoms with E-state index in [-0.39, 0.29) is 18.2 Å². The summed E-state index contributed by atoms with van der Waals surface area (Å²) in [6.07, 6.45) is 4.87. The van der Waals surface area contributed by atoms with Gasteiger partial charge in [-0.05, 0) is 36.2 Å². The number of nitrogens with zero attached hydrogens (tertiary/aromatic N) is 4. The Morgan fingerprint density at radius 2 is 1.39 bits per heavy atom. The van der Waals surface area contributed by atoms with E-state index in [2.05, 4.69) is 50.0 Å². The van der Waals surface area contributed by atoms with E-state index in [9.17, 15) is 9.59 Å². The predicted molar refractivity (Wildman–Crippen MR) is 128 cm³/mol. The highest BCUT2D eigenvalue weighted by Gasteiger charge is 2.17. The van der Waals surface area contributed by atoms with E-state index in [0.29, 0.717) is 19.4 Å². The van der Waals surface area contributed by atoms with Gasteiger partial charge in [0.25, 0.3) is 0 Å². The topological polar surface area (TPSA) is 82.5 Å². The van der Waals surface area contributed by atoms with E-state index in [1.807, 2.05) is 42.6 Å². The molecule has 0 aliphatic carbocycles. The molecule has 0 spiro atoms. The van der Waals surface area contributed by atoms with Crippen LogP contribution in [0.4, 0.5) is 5.69 Å². The number of aryl methyl sites for hydroxylation is 1. The van der Waals surface area contributed by atoms with E-state index in [0.717, 1.165) is 37.4 Å². The number of hydrazine groups is 1. The average molecular weight is 447 g/mol. The molecule has 1 fully saturated rings. The standard InChI is InChI=1S/C25H30N6O2/c32-24(12-11-21-19-26-31(20-21)23-9-5-2-6-10-23)27-28-25(33)13-14-29-15-17-30(18-16-29)22-7-3-1-4-8-22/h1-10,19-20H,11-18H2,(H,27,32)(H,28,33). The smallest absolute Gasteiger partial charge is 0.239 e. The van der Waals surface area contributed by atoms with Crippen LogP contribution in [0.25, 0.3) is 5.69 Å². The molecule has 0 atom stereocenters. The largest absolute Gasteiger partial charge is 0.369 e. The predicted octanol–water partition coefficient (Wildman–Crippen LogP) is 2.16. The molecular formula is C25H30N6O2. The van der Waals surface area contributed by atoms with Crippen LogP contribution in [-0.4, -0.2) is 59.2 Å². The highest BCUT2D eigenvalue weighted by atomic mass is 16.2. The van der Waals surface area contributed by atoms with Gasteiger partial charge in [0.15, 0.2) is 0 Å². The van der Waals surface area contributed by atoms with Crippen molar-refractivity contribution < 1.29 is 9.59 Å². The van der Waals surface area contributed by atoms with Crippen LogP contribution in [0.2, 0.25) is 0 Å². The number of benzene rings is 2. The molecule has 3 aromatic rings. The number of rotatable bonds is 8. The normalized spacial score (nSPS) is 14.1. The number of carbonyl (C=O) groups is 2. The number of piperazine rings is 1. The zero-order valence-corrected chi connectivity index (χ0v) is 18.7. The highest BCUT2D eigenvalue weighted by molar-refractivity contribution is 5.82. The lowest BCUT2D eigenvalue weighted by Crippen LogP contribution is -2.48. The summed E-state index contributed by atoms with van der Waals surface area (Å²) < 4.78 is 1.79. The van der Waals surface area contributed by atoms with Gasteiger partial charge in [-0.1, -0.05) is 36.4 Å². The van der Waals surface area contributed by atoms with Gasteiger partial charge in [0, 0.05) is 57.4 Å². The summed E-state index contributed by atoms with van der Waals surface area (Å²) in [6, 6.07) is 20.2. The van der Waals surface area contributed by atoms with Gasteiger partial charge in [0.1, 0.15) is 0 Å². The molecule has 0 radical (unpaired) electrons. The van der Waals surface area contributed by atoms with Gasteiger partial charge in [-0.3, -0.25) is 25.3 Å². The van der Waals surface area contributed by atoms with Gasteiger partial charge in [-0.15, -0.1) is 0 Å². The van der Waals surface area contributed by atoms with Crippen molar-refractivity contribution in [2.45, 2.75) is 19.3 Å². The minimum atomic E-state index is -0.215. The third-order valence-electron chi connectivity index (χ3n) is 5.79. The van der Waals surface area contributed by atoms with Gasteiger partial charge in [-0.2, -0.15) is 5.10 Å². The Morgan fingerprint density at radius 3 is 2.06 bits per heavy atom. The van der Waals surface area contributed by atoms with Crippen molar-refractivity contribution in [3.63, 3.8) is 0 Å². The zero-order valence-electron chi connectivity index (χ0n) is 18.7. The number of hydrogen-bond donors (Lipinski definition) is 2. The van der Waals surface area contributed by atoms with Gasteiger partial charge in [-0.25, -0.2) is 4.68 Å². The third-order valence-corrected chi connectivity index (χ3v) is 5.79. The Bertz CT molecular complexity index is 1030. The number of para-hydroxylation sites is 2. The van der Waals surface area contributed by atoms with E-state index in [1.165, 1.54) is 5.69 Å². The molecule has 1 aliphatic rings. The Hall–Kier alpha value is -3.65. The van der Waals surface area contributed by atoms with Gasteiger partial charge in [0.05, 0.1) is 11.9 Å². The fraction of sp³-hybridized carbons (Fsp3) is 0.320. The van der Waals surface area contributed by atoms with E-state index >= 15 is 0 Å². The number of hydrogen-bond acceptors (Lipinski definition) is 5. The molecule has 172 valence electrons. The van der Waals surface area contributed by atoms with Crippen LogP contribution in [0.3, 0.4) is 0 Å². The Labute approximate surface area is 194 Å². The molecule has 33 heavy (non-hydrogen) atoms. The first-order valence-corrected chi connectivity index (χ1v) is 11.4. The van der Waals surface area contributed by atoms with Crippen molar-refractivity contribution in [1.82, 2.24) is 25.5 Å². The molecule has 0 unspecified atom stereocenters. The quantitative estimate of drug-likeness (QED) is 0.518. The molecule has 8 heteroatoms. The highest BCUT2D eigenvalue weighted by Crippen LogP contribution is 2.15. The lowest BCUT2D eigenvalue weighted by atomic mass is 10.2. The molecular weight excluding hydrogens is 416 g/mol. The average Bonchev–Trinajstić information content (AvgIpc) is 3.35. The molecule has 1 saturated heterocycles. The molecule has 0 bridgehead atoms. The number of aromatic nitrogens is 2. The molecule has 1 aliphatic heterocycles. The van der Waals surface area contributed by atoms with Crippen LogP contribution in [0.5, 0.6) is 0 Å². The molecule has 2 heterocycles. The van der Waals surface area contributed by atoms with Crippen LogP contribution in [-0.2, 0) is 16.0 Å². The molecule has 2 amide bonds. The number of carbonyl (C=O) groups excluding carboxylic acids is 2. The first-order valence-electron chi connectivity index (χ1n) is 11.4. The summed E-state index contributed by atoms with van der Waals surface area (Å²) in [5.74, 6) is -0.391. The maximum atomic E-state index is 12.1. The van der Waals surface area contributed by atoms with Crippen LogP contribution in [0, 0.1) is 0 Å². The molecule has 8 nitrogen and oxygen atoms in total. The van der Waals surface area contributed by atoms with Gasteiger partial charge in [0.2, 0.25) is 11.8 Å². The SMILES string of the molecule is O=C(CCc1cnn(-c2ccccc2)c1)NNC(=O)CCN1CCN(c2ccccc2)CC1. The van der Waals surface area contributed by atoms with Crippen molar-refractivity contribution in [2.75, 3.05) is 37.6 Å². The zero-order chi connectivity index (χ0) is 22.9. The number of nitrogens with one attached hydrogen (secondary N) is 2. The summed E-state index contributed by atoms with van der Waals surface area (Å²) in [5.41, 5.74) is 8.22. The molecule has 4 rings (SSSR count). The van der Waals surface area contributed by atoms with E-state index < -0.39 is 0 Å². The maximum Gasteiger partial charge on any atom is 0.239 e. The van der Waals surface area contributed by atoms with Gasteiger partial charge < -0.3 is 4.90 Å². The minimum Gasteiger partial charge on any atom is -0.369 e. The summed E-state index contributed by atoms with van der Waals surface area (Å²) in [6.45, 7) is 4.42. The van der Waals surface area contributed by atoms with Gasteiger partial charge >= 0.3 is 0 Å². The summed E-state index contributed by atoms with van der Waals surface area (Å²) in [7, 11) is 0. The molecule has 0 saturated carbocycles. The van der Waals surface area contributed by atoms with Crippen LogP contribution >= 0.6 is 0 Å². The van der Waals surface area contributed by atoms with Crippen molar-refractivity contribution in [2.24, 2.45) is 0 Å². The Morgan fingerprint density at radius 1 is 0.788 bits per heavy atom. The fourth-order valence-electron chi connectivity index (χ4n) is 3.86. The Kier molecular flexibility index (Phi) is 7.71. The first kappa shape index (κ1) is 22.5. The number of anilines is 1. The Balaban J connectivity index is 1.10. The molecule has 2 N–H and O–H groups in total.